The third-order valence-corrected chi connectivity index (χ3v) is 3.91. The number of carbonyl (C=O) groups excluding carboxylic acids is 1. The first-order valence-electron chi connectivity index (χ1n) is 6.42. The van der Waals surface area contributed by atoms with Crippen molar-refractivity contribution >= 4 is 28.3 Å². The van der Waals surface area contributed by atoms with Crippen molar-refractivity contribution in [2.24, 2.45) is 0 Å². The number of ether oxygens (including phenoxy) is 2. The van der Waals surface area contributed by atoms with Crippen LogP contribution in [0.1, 0.15) is 20.8 Å². The molecule has 1 heterocycles. The van der Waals surface area contributed by atoms with E-state index >= 15 is 0 Å². The van der Waals surface area contributed by atoms with Gasteiger partial charge in [0, 0.05) is 18.5 Å². The van der Waals surface area contributed by atoms with Crippen LogP contribution in [0.5, 0.6) is 0 Å². The van der Waals surface area contributed by atoms with Crippen LogP contribution in [0.3, 0.4) is 0 Å². The predicted molar refractivity (Wildman–Crippen MR) is 80.5 cm³/mol. The highest BCUT2D eigenvalue weighted by Crippen LogP contribution is 2.32. The predicted octanol–water partition coefficient (Wildman–Crippen LogP) is 1.85. The maximum Gasteiger partial charge on any atom is 0.338 e. The minimum Gasteiger partial charge on any atom is -0.478 e. The Labute approximate surface area is 127 Å². The third kappa shape index (κ3) is 5.33. The van der Waals surface area contributed by atoms with Crippen molar-refractivity contribution in [3.63, 3.8) is 0 Å². The highest BCUT2D eigenvalue weighted by atomic mass is 32.1. The van der Waals surface area contributed by atoms with Crippen LogP contribution >= 0.6 is 11.3 Å². The van der Waals surface area contributed by atoms with E-state index < -0.39 is 12.0 Å². The van der Waals surface area contributed by atoms with Crippen LogP contribution < -0.4 is 10.6 Å². The Hall–Kier alpha value is -1.64. The molecule has 0 spiro atoms. The molecule has 1 aromatic heterocycles. The smallest absolute Gasteiger partial charge is 0.338 e. The summed E-state index contributed by atoms with van der Waals surface area (Å²) in [5.41, 5.74) is 0.815. The fourth-order valence-corrected chi connectivity index (χ4v) is 2.65. The standard InChI is InChI=1S/C13H20N2O5S/c1-8-9(2)21-11(10(8)12(16)17)15-13(18)14-4-5-20-7-6-19-3/h4-7H2,1-3H3,(H,16,17)(H2,14,15,18). The second kappa shape index (κ2) is 8.60. The van der Waals surface area contributed by atoms with Gasteiger partial charge in [-0.2, -0.15) is 0 Å². The molecule has 0 saturated carbocycles. The van der Waals surface area contributed by atoms with Gasteiger partial charge in [-0.3, -0.25) is 5.32 Å². The number of methoxy groups -OCH3 is 1. The number of hydrogen-bond donors (Lipinski definition) is 3. The van der Waals surface area contributed by atoms with Gasteiger partial charge in [0.05, 0.1) is 25.4 Å². The lowest BCUT2D eigenvalue weighted by Gasteiger charge is -2.07. The van der Waals surface area contributed by atoms with Crippen LogP contribution in [-0.2, 0) is 9.47 Å². The van der Waals surface area contributed by atoms with Gasteiger partial charge in [-0.25, -0.2) is 9.59 Å². The molecule has 0 fully saturated rings. The number of aromatic carboxylic acids is 1. The first-order chi connectivity index (χ1) is 9.97. The number of nitrogens with one attached hydrogen (secondary N) is 2. The van der Waals surface area contributed by atoms with Gasteiger partial charge in [-0.15, -0.1) is 11.3 Å². The van der Waals surface area contributed by atoms with Gasteiger partial charge in [0.15, 0.2) is 0 Å². The van der Waals surface area contributed by atoms with E-state index in [1.165, 1.54) is 11.3 Å². The lowest BCUT2D eigenvalue weighted by molar-refractivity contribution is 0.0697. The number of anilines is 1. The van der Waals surface area contributed by atoms with E-state index in [4.69, 9.17) is 9.47 Å². The summed E-state index contributed by atoms with van der Waals surface area (Å²) in [6.07, 6.45) is 0. The highest BCUT2D eigenvalue weighted by Gasteiger charge is 2.20. The molecular weight excluding hydrogens is 296 g/mol. The summed E-state index contributed by atoms with van der Waals surface area (Å²) < 4.78 is 10.0. The Kier molecular flexibility index (Phi) is 7.13. The number of hydrogen-bond acceptors (Lipinski definition) is 5. The van der Waals surface area contributed by atoms with Gasteiger partial charge >= 0.3 is 12.0 Å². The zero-order chi connectivity index (χ0) is 15.8. The third-order valence-electron chi connectivity index (χ3n) is 2.79. The van der Waals surface area contributed by atoms with E-state index in [0.717, 1.165) is 4.88 Å². The minimum absolute atomic E-state index is 0.143. The number of thiophene rings is 1. The molecule has 0 aliphatic heterocycles. The molecule has 21 heavy (non-hydrogen) atoms. The first kappa shape index (κ1) is 17.4. The van der Waals surface area contributed by atoms with E-state index in [1.807, 2.05) is 6.92 Å². The van der Waals surface area contributed by atoms with Crippen LogP contribution in [0.25, 0.3) is 0 Å². The summed E-state index contributed by atoms with van der Waals surface area (Å²) in [6, 6.07) is -0.450. The molecule has 0 bridgehead atoms. The van der Waals surface area contributed by atoms with Crippen molar-refractivity contribution in [2.75, 3.05) is 38.8 Å². The lowest BCUT2D eigenvalue weighted by atomic mass is 10.1. The Morgan fingerprint density at radius 3 is 2.57 bits per heavy atom. The van der Waals surface area contributed by atoms with Crippen LogP contribution in [0, 0.1) is 13.8 Å². The van der Waals surface area contributed by atoms with E-state index in [0.29, 0.717) is 36.9 Å². The Morgan fingerprint density at radius 1 is 1.24 bits per heavy atom. The number of rotatable bonds is 8. The molecule has 0 atom stereocenters. The molecule has 0 unspecified atom stereocenters. The molecule has 0 aliphatic rings. The Bertz CT molecular complexity index is 501. The van der Waals surface area contributed by atoms with Gasteiger partial charge in [0.2, 0.25) is 0 Å². The average molecular weight is 316 g/mol. The molecule has 1 aromatic rings. The number of urea groups is 1. The van der Waals surface area contributed by atoms with Crippen molar-refractivity contribution in [1.82, 2.24) is 5.32 Å². The Balaban J connectivity index is 2.45. The monoisotopic (exact) mass is 316 g/mol. The quantitative estimate of drug-likeness (QED) is 0.636. The number of carbonyl (C=O) groups is 2. The number of carboxylic acids is 1. The normalized spacial score (nSPS) is 10.4. The molecule has 0 aromatic carbocycles. The molecular formula is C13H20N2O5S. The maximum atomic E-state index is 11.7. The van der Waals surface area contributed by atoms with Crippen molar-refractivity contribution in [3.05, 3.63) is 16.0 Å². The van der Waals surface area contributed by atoms with Gasteiger partial charge in [-0.05, 0) is 19.4 Å². The molecule has 8 heteroatoms. The molecule has 1 rings (SSSR count). The topological polar surface area (TPSA) is 96.9 Å². The first-order valence-corrected chi connectivity index (χ1v) is 7.23. The van der Waals surface area contributed by atoms with Gasteiger partial charge in [0.25, 0.3) is 0 Å². The number of carboxylic acid groups (broad SMARTS) is 1. The molecule has 0 saturated heterocycles. The summed E-state index contributed by atoms with van der Waals surface area (Å²) in [6.45, 7) is 5.21. The maximum absolute atomic E-state index is 11.7. The summed E-state index contributed by atoms with van der Waals surface area (Å²) in [7, 11) is 1.58. The molecule has 3 N–H and O–H groups in total. The largest absolute Gasteiger partial charge is 0.478 e. The summed E-state index contributed by atoms with van der Waals surface area (Å²) in [4.78, 5) is 23.8. The molecule has 2 amide bonds. The summed E-state index contributed by atoms with van der Waals surface area (Å²) in [5.74, 6) is -1.05. The molecule has 0 radical (unpaired) electrons. The second-order valence-corrected chi connectivity index (χ2v) is 5.50. The van der Waals surface area contributed by atoms with Gasteiger partial charge in [0.1, 0.15) is 5.00 Å². The van der Waals surface area contributed by atoms with Crippen molar-refractivity contribution in [3.8, 4) is 0 Å². The number of amides is 2. The van der Waals surface area contributed by atoms with Crippen LogP contribution in [0.2, 0.25) is 0 Å². The van der Waals surface area contributed by atoms with Crippen LogP contribution in [0.15, 0.2) is 0 Å². The van der Waals surface area contributed by atoms with E-state index in [1.54, 1.807) is 14.0 Å². The molecule has 0 aliphatic carbocycles. The van der Waals surface area contributed by atoms with E-state index in [2.05, 4.69) is 10.6 Å². The van der Waals surface area contributed by atoms with Crippen molar-refractivity contribution in [2.45, 2.75) is 13.8 Å². The van der Waals surface area contributed by atoms with E-state index in [9.17, 15) is 14.7 Å². The Morgan fingerprint density at radius 2 is 1.95 bits per heavy atom. The highest BCUT2D eigenvalue weighted by molar-refractivity contribution is 7.16. The fourth-order valence-electron chi connectivity index (χ4n) is 1.60. The summed E-state index contributed by atoms with van der Waals surface area (Å²) >= 11 is 1.25. The lowest BCUT2D eigenvalue weighted by Crippen LogP contribution is -2.32. The van der Waals surface area contributed by atoms with Gasteiger partial charge in [-0.1, -0.05) is 0 Å². The fraction of sp³-hybridized carbons (Fsp3) is 0.538. The van der Waals surface area contributed by atoms with Crippen molar-refractivity contribution < 1.29 is 24.2 Å². The minimum atomic E-state index is -1.05. The SMILES string of the molecule is COCCOCCNC(=O)Nc1sc(C)c(C)c1C(=O)O. The summed E-state index contributed by atoms with van der Waals surface area (Å²) in [5, 5.41) is 14.7. The molecule has 7 nitrogen and oxygen atoms in total. The number of aryl methyl sites for hydroxylation is 1. The zero-order valence-corrected chi connectivity index (χ0v) is 13.1. The second-order valence-electron chi connectivity index (χ2n) is 4.28. The van der Waals surface area contributed by atoms with Crippen molar-refractivity contribution in [1.29, 1.82) is 0 Å². The van der Waals surface area contributed by atoms with E-state index in [-0.39, 0.29) is 5.56 Å². The van der Waals surface area contributed by atoms with Crippen LogP contribution in [0.4, 0.5) is 9.80 Å². The molecule has 118 valence electrons. The van der Waals surface area contributed by atoms with Crippen LogP contribution in [-0.4, -0.2) is 50.6 Å². The zero-order valence-electron chi connectivity index (χ0n) is 12.3. The van der Waals surface area contributed by atoms with Gasteiger partial charge < -0.3 is 19.9 Å². The average Bonchev–Trinajstić information content (AvgIpc) is 2.68.